The summed E-state index contributed by atoms with van der Waals surface area (Å²) in [5.41, 5.74) is 5.71. The van der Waals surface area contributed by atoms with Gasteiger partial charge < -0.3 is 8.39 Å². The second-order valence-electron chi connectivity index (χ2n) is 7.00. The van der Waals surface area contributed by atoms with Crippen molar-refractivity contribution in [2.75, 3.05) is 0 Å². The molecule has 3 heterocycles. The molecule has 0 atom stereocenters. The van der Waals surface area contributed by atoms with Gasteiger partial charge in [-0.1, -0.05) is 58.0 Å². The third-order valence-electron chi connectivity index (χ3n) is 4.29. The summed E-state index contributed by atoms with van der Waals surface area (Å²) in [7, 11) is -1.73. The van der Waals surface area contributed by atoms with Crippen molar-refractivity contribution in [2.45, 2.75) is 39.5 Å². The predicted octanol–water partition coefficient (Wildman–Crippen LogP) is 7.99. The molecule has 0 amide bonds. The number of hydrogen-bond acceptors (Lipinski definition) is 4. The Kier molecular flexibility index (Phi) is 6.43. The topological polar surface area (TPSA) is 46.5 Å². The van der Waals surface area contributed by atoms with Gasteiger partial charge in [0.15, 0.2) is 0 Å². The van der Waals surface area contributed by atoms with Crippen LogP contribution in [0.25, 0.3) is 21.6 Å². The maximum absolute atomic E-state index is 8.97. The van der Waals surface area contributed by atoms with Crippen LogP contribution in [0.15, 0.2) is 68.4 Å². The van der Waals surface area contributed by atoms with Crippen LogP contribution in [0.1, 0.15) is 50.7 Å². The van der Waals surface area contributed by atoms with Crippen molar-refractivity contribution < 1.29 is 13.3 Å². The summed E-state index contributed by atoms with van der Waals surface area (Å²) in [5.74, 6) is 1.20. The van der Waals surface area contributed by atoms with Crippen molar-refractivity contribution >= 4 is 30.7 Å². The van der Waals surface area contributed by atoms with Gasteiger partial charge in [-0.3, -0.25) is 4.89 Å². The SMILES string of the molecule is CC(C)c1csc(-c2ccccc2)c1C(C)C.Op1oc2ccc(cc2)o1. The molecule has 5 heteroatoms. The zero-order valence-electron chi connectivity index (χ0n) is 16.0. The standard InChI is InChI=1S/C16H20S.C6H5O3P/c1-11(2)14-10-17-16(15(14)12(3)4)13-8-6-5-7-9-13;7-10-8-5-1-2-6(9-10)4-3-5/h5-12H,1-4H3;1-4,7H. The zero-order valence-corrected chi connectivity index (χ0v) is 17.8. The molecule has 0 spiro atoms. The van der Waals surface area contributed by atoms with Crippen LogP contribution in [0.2, 0.25) is 0 Å². The maximum Gasteiger partial charge on any atom is 0.384 e. The molecule has 1 N–H and O–H groups in total. The lowest BCUT2D eigenvalue weighted by molar-refractivity contribution is 0.497. The number of hydrogen-bond donors (Lipinski definition) is 1. The first kappa shape index (κ1) is 19.8. The van der Waals surface area contributed by atoms with Gasteiger partial charge in [0.2, 0.25) is 0 Å². The Bertz CT molecular complexity index is 950. The third kappa shape index (κ3) is 4.84. The summed E-state index contributed by atoms with van der Waals surface area (Å²) in [6, 6.07) is 17.8. The van der Waals surface area contributed by atoms with E-state index < -0.39 is 8.24 Å². The molecule has 5 rings (SSSR count). The van der Waals surface area contributed by atoms with Crippen molar-refractivity contribution in [3.63, 3.8) is 0 Å². The summed E-state index contributed by atoms with van der Waals surface area (Å²) in [6.07, 6.45) is 0. The molecule has 27 heavy (non-hydrogen) atoms. The first-order chi connectivity index (χ1) is 13.0. The van der Waals surface area contributed by atoms with Gasteiger partial charge >= 0.3 is 8.24 Å². The molecule has 0 aliphatic carbocycles. The van der Waals surface area contributed by atoms with Crippen LogP contribution in [0, 0.1) is 0 Å². The zero-order chi connectivity index (χ0) is 19.4. The molecule has 0 saturated carbocycles. The number of rotatable bonds is 3. The van der Waals surface area contributed by atoms with E-state index in [1.54, 1.807) is 24.3 Å². The quantitative estimate of drug-likeness (QED) is 0.379. The molecule has 0 aliphatic rings. The number of benzene rings is 2. The van der Waals surface area contributed by atoms with Gasteiger partial charge in [-0.15, -0.1) is 11.3 Å². The van der Waals surface area contributed by atoms with Crippen LogP contribution in [-0.4, -0.2) is 4.89 Å². The van der Waals surface area contributed by atoms with Crippen LogP contribution in [0.3, 0.4) is 0 Å². The van der Waals surface area contributed by atoms with Gasteiger partial charge in [-0.25, -0.2) is 0 Å². The van der Waals surface area contributed by atoms with E-state index in [-0.39, 0.29) is 0 Å². The molecular formula is C22H25O3PS. The largest absolute Gasteiger partial charge is 0.400 e. The fourth-order valence-electron chi connectivity index (χ4n) is 3.00. The number of fused-ring (bicyclic) bond motifs is 4. The van der Waals surface area contributed by atoms with Crippen molar-refractivity contribution in [3.05, 3.63) is 71.1 Å². The van der Waals surface area contributed by atoms with E-state index in [2.05, 4.69) is 63.4 Å². The minimum Gasteiger partial charge on any atom is -0.400 e. The predicted molar refractivity (Wildman–Crippen MR) is 116 cm³/mol. The minimum absolute atomic E-state index is 0.592. The van der Waals surface area contributed by atoms with Crippen molar-refractivity contribution in [3.8, 4) is 10.4 Å². The summed E-state index contributed by atoms with van der Waals surface area (Å²) in [6.45, 7) is 9.14. The summed E-state index contributed by atoms with van der Waals surface area (Å²) in [5, 5.41) is 2.34. The van der Waals surface area contributed by atoms with Crippen molar-refractivity contribution in [1.82, 2.24) is 0 Å². The van der Waals surface area contributed by atoms with Gasteiger partial charge in [-0.05, 0) is 58.2 Å². The maximum atomic E-state index is 8.97. The van der Waals surface area contributed by atoms with Gasteiger partial charge in [-0.2, -0.15) is 0 Å². The second-order valence-corrected chi connectivity index (χ2v) is 8.72. The van der Waals surface area contributed by atoms with Gasteiger partial charge in [0.1, 0.15) is 11.2 Å². The van der Waals surface area contributed by atoms with Gasteiger partial charge in [0, 0.05) is 4.88 Å². The normalized spacial score (nSPS) is 11.1. The fraction of sp³-hybridized carbons (Fsp3) is 0.273. The fourth-order valence-corrected chi connectivity index (χ4v) is 5.03. The van der Waals surface area contributed by atoms with Crippen LogP contribution in [0.4, 0.5) is 0 Å². The Morgan fingerprint density at radius 1 is 0.815 bits per heavy atom. The molecule has 5 aromatic rings. The van der Waals surface area contributed by atoms with Crippen LogP contribution < -0.4 is 0 Å². The van der Waals surface area contributed by atoms with E-state index in [9.17, 15) is 0 Å². The van der Waals surface area contributed by atoms with Crippen LogP contribution in [0.5, 0.6) is 0 Å². The highest BCUT2D eigenvalue weighted by molar-refractivity contribution is 7.30. The Hall–Kier alpha value is -2.00. The Morgan fingerprint density at radius 2 is 1.37 bits per heavy atom. The Labute approximate surface area is 165 Å². The van der Waals surface area contributed by atoms with E-state index in [1.807, 2.05) is 11.3 Å². The molecular weight excluding hydrogens is 375 g/mol. The minimum atomic E-state index is -1.73. The lowest BCUT2D eigenvalue weighted by Gasteiger charge is -2.13. The Morgan fingerprint density at radius 3 is 1.85 bits per heavy atom. The second kappa shape index (κ2) is 8.79. The molecule has 0 aliphatic heterocycles. The number of thiophene rings is 1. The Balaban J connectivity index is 0.000000177. The van der Waals surface area contributed by atoms with Crippen molar-refractivity contribution in [1.29, 1.82) is 0 Å². The van der Waals surface area contributed by atoms with E-state index in [4.69, 9.17) is 13.3 Å². The third-order valence-corrected chi connectivity index (χ3v) is 6.08. The molecule has 2 bridgehead atoms. The van der Waals surface area contributed by atoms with Crippen molar-refractivity contribution in [2.24, 2.45) is 0 Å². The van der Waals surface area contributed by atoms with E-state index in [0.29, 0.717) is 23.0 Å². The summed E-state index contributed by atoms with van der Waals surface area (Å²) in [4.78, 5) is 10.4. The molecule has 0 saturated heterocycles. The average molecular weight is 400 g/mol. The molecule has 2 aromatic carbocycles. The average Bonchev–Trinajstić information content (AvgIpc) is 2.94. The van der Waals surface area contributed by atoms with E-state index >= 15 is 0 Å². The molecule has 3 aromatic heterocycles. The van der Waals surface area contributed by atoms with Gasteiger partial charge in [0.05, 0.1) is 0 Å². The molecule has 0 fully saturated rings. The molecule has 142 valence electrons. The lowest BCUT2D eigenvalue weighted by Crippen LogP contribution is -1.95. The highest BCUT2D eigenvalue weighted by Gasteiger charge is 2.17. The highest BCUT2D eigenvalue weighted by atomic mass is 32.1. The smallest absolute Gasteiger partial charge is 0.384 e. The molecule has 0 unspecified atom stereocenters. The van der Waals surface area contributed by atoms with Crippen LogP contribution >= 0.6 is 19.6 Å². The lowest BCUT2D eigenvalue weighted by atomic mass is 9.91. The molecule has 0 radical (unpaired) electrons. The monoisotopic (exact) mass is 400 g/mol. The van der Waals surface area contributed by atoms with E-state index in [1.165, 1.54) is 21.6 Å². The summed E-state index contributed by atoms with van der Waals surface area (Å²) >= 11 is 1.89. The first-order valence-corrected chi connectivity index (χ1v) is 11.1. The summed E-state index contributed by atoms with van der Waals surface area (Å²) < 4.78 is 9.84. The first-order valence-electron chi connectivity index (χ1n) is 9.07. The van der Waals surface area contributed by atoms with Gasteiger partial charge in [0.25, 0.3) is 0 Å². The highest BCUT2D eigenvalue weighted by Crippen LogP contribution is 2.40. The van der Waals surface area contributed by atoms with E-state index in [0.717, 1.165) is 0 Å². The van der Waals surface area contributed by atoms with Crippen LogP contribution in [-0.2, 0) is 0 Å². The molecule has 3 nitrogen and oxygen atoms in total.